The van der Waals surface area contributed by atoms with Crippen LogP contribution in [0.25, 0.3) is 16.8 Å². The summed E-state index contributed by atoms with van der Waals surface area (Å²) in [5, 5.41) is 13.3. The van der Waals surface area contributed by atoms with Gasteiger partial charge in [-0.2, -0.15) is 9.78 Å². The standard InChI is InChI=1S/C21H20ClFN2O5S/c1-13(11-26)12-30-20-17(14-3-6-16(7-4-14)31(2,28)29)10-24-25(21(20)27)15-5-8-19(23)18(22)9-15/h3-10,13,26H,11-12H2,1-2H3/t13-/m1/s1. The Morgan fingerprint density at radius 1 is 1.23 bits per heavy atom. The summed E-state index contributed by atoms with van der Waals surface area (Å²) >= 11 is 5.83. The second-order valence-electron chi connectivity index (χ2n) is 7.10. The number of hydrogen-bond acceptors (Lipinski definition) is 6. The molecule has 0 aliphatic carbocycles. The normalized spacial score (nSPS) is 12.5. The molecule has 3 rings (SSSR count). The number of nitrogens with zero attached hydrogens (tertiary/aromatic N) is 2. The van der Waals surface area contributed by atoms with E-state index >= 15 is 0 Å². The van der Waals surface area contributed by atoms with Gasteiger partial charge in [-0.3, -0.25) is 4.79 Å². The fourth-order valence-electron chi connectivity index (χ4n) is 2.74. The van der Waals surface area contributed by atoms with E-state index < -0.39 is 21.2 Å². The zero-order valence-corrected chi connectivity index (χ0v) is 18.3. The SMILES string of the molecule is C[C@H](CO)COc1c(-c2ccc(S(C)(=O)=O)cc2)cnn(-c2ccc(F)c(Cl)c2)c1=O. The largest absolute Gasteiger partial charge is 0.487 e. The van der Waals surface area contributed by atoms with Crippen molar-refractivity contribution in [2.24, 2.45) is 5.92 Å². The van der Waals surface area contributed by atoms with Crippen molar-refractivity contribution < 1.29 is 22.7 Å². The van der Waals surface area contributed by atoms with E-state index in [9.17, 15) is 22.7 Å². The molecule has 0 bridgehead atoms. The smallest absolute Gasteiger partial charge is 0.314 e. The quantitative estimate of drug-likeness (QED) is 0.574. The van der Waals surface area contributed by atoms with Gasteiger partial charge in [0.2, 0.25) is 0 Å². The van der Waals surface area contributed by atoms with Gasteiger partial charge in [-0.1, -0.05) is 30.7 Å². The second-order valence-corrected chi connectivity index (χ2v) is 9.52. The highest BCUT2D eigenvalue weighted by Crippen LogP contribution is 2.28. The van der Waals surface area contributed by atoms with Crippen LogP contribution in [-0.4, -0.2) is 42.8 Å². The molecule has 0 spiro atoms. The minimum absolute atomic E-state index is 0.0390. The van der Waals surface area contributed by atoms with Gasteiger partial charge in [0.1, 0.15) is 5.82 Å². The third-order valence-corrected chi connectivity index (χ3v) is 5.92. The van der Waals surface area contributed by atoms with Crippen molar-refractivity contribution in [3.63, 3.8) is 0 Å². The Kier molecular flexibility index (Phi) is 6.78. The van der Waals surface area contributed by atoms with Crippen LogP contribution in [0.15, 0.2) is 58.4 Å². The molecule has 3 aromatic rings. The minimum Gasteiger partial charge on any atom is -0.487 e. The van der Waals surface area contributed by atoms with Crippen LogP contribution in [0.3, 0.4) is 0 Å². The first-order valence-corrected chi connectivity index (χ1v) is 11.5. The lowest BCUT2D eigenvalue weighted by Crippen LogP contribution is -2.25. The number of benzene rings is 2. The van der Waals surface area contributed by atoms with Gasteiger partial charge in [-0.05, 0) is 35.9 Å². The first-order chi connectivity index (χ1) is 14.6. The number of aliphatic hydroxyl groups excluding tert-OH is 1. The van der Waals surface area contributed by atoms with Crippen LogP contribution in [-0.2, 0) is 9.84 Å². The van der Waals surface area contributed by atoms with E-state index in [1.807, 2.05) is 0 Å². The van der Waals surface area contributed by atoms with Crippen LogP contribution in [0.1, 0.15) is 6.92 Å². The summed E-state index contributed by atoms with van der Waals surface area (Å²) in [5.74, 6) is -0.904. The van der Waals surface area contributed by atoms with E-state index in [2.05, 4.69) is 5.10 Å². The molecular weight excluding hydrogens is 447 g/mol. The maximum absolute atomic E-state index is 13.5. The van der Waals surface area contributed by atoms with E-state index in [-0.39, 0.29) is 40.5 Å². The molecule has 0 fully saturated rings. The fraction of sp³-hybridized carbons (Fsp3) is 0.238. The Labute approximate surface area is 183 Å². The van der Waals surface area contributed by atoms with E-state index in [0.717, 1.165) is 17.0 Å². The van der Waals surface area contributed by atoms with Gasteiger partial charge < -0.3 is 9.84 Å². The van der Waals surface area contributed by atoms with E-state index in [0.29, 0.717) is 11.1 Å². The molecule has 1 atom stereocenters. The Morgan fingerprint density at radius 2 is 1.90 bits per heavy atom. The molecule has 0 aliphatic rings. The highest BCUT2D eigenvalue weighted by atomic mass is 35.5. The van der Waals surface area contributed by atoms with Crippen molar-refractivity contribution in [1.82, 2.24) is 9.78 Å². The van der Waals surface area contributed by atoms with Crippen molar-refractivity contribution in [2.75, 3.05) is 19.5 Å². The number of halogens is 2. The predicted molar refractivity (Wildman–Crippen MR) is 115 cm³/mol. The summed E-state index contributed by atoms with van der Waals surface area (Å²) in [6, 6.07) is 9.70. The maximum atomic E-state index is 13.5. The summed E-state index contributed by atoms with van der Waals surface area (Å²) in [6.45, 7) is 1.68. The number of hydrogen-bond donors (Lipinski definition) is 1. The molecule has 0 saturated heterocycles. The first-order valence-electron chi connectivity index (χ1n) is 9.23. The number of aromatic nitrogens is 2. The molecular formula is C21H20ClFN2O5S. The Balaban J connectivity index is 2.13. The molecule has 31 heavy (non-hydrogen) atoms. The summed E-state index contributed by atoms with van der Waals surface area (Å²) < 4.78 is 43.7. The molecule has 1 N–H and O–H groups in total. The van der Waals surface area contributed by atoms with Gasteiger partial charge >= 0.3 is 5.56 Å². The van der Waals surface area contributed by atoms with Crippen molar-refractivity contribution >= 4 is 21.4 Å². The third-order valence-electron chi connectivity index (χ3n) is 4.50. The molecule has 10 heteroatoms. The average molecular weight is 467 g/mol. The zero-order chi connectivity index (χ0) is 22.8. The van der Waals surface area contributed by atoms with Gasteiger partial charge in [0.05, 0.1) is 28.4 Å². The van der Waals surface area contributed by atoms with Gasteiger partial charge in [-0.15, -0.1) is 0 Å². The Bertz CT molecular complexity index is 1260. The van der Waals surface area contributed by atoms with Crippen molar-refractivity contribution in [3.05, 3.63) is 69.9 Å². The highest BCUT2D eigenvalue weighted by molar-refractivity contribution is 7.90. The number of aliphatic hydroxyl groups is 1. The molecule has 0 aliphatic heterocycles. The molecule has 1 heterocycles. The lowest BCUT2D eigenvalue weighted by Gasteiger charge is -2.15. The number of ether oxygens (including phenoxy) is 1. The maximum Gasteiger partial charge on any atom is 0.314 e. The summed E-state index contributed by atoms with van der Waals surface area (Å²) in [4.78, 5) is 13.3. The first kappa shape index (κ1) is 22.9. The Morgan fingerprint density at radius 3 is 2.48 bits per heavy atom. The zero-order valence-electron chi connectivity index (χ0n) is 16.7. The molecule has 164 valence electrons. The number of sulfone groups is 1. The van der Waals surface area contributed by atoms with Crippen molar-refractivity contribution in [3.8, 4) is 22.6 Å². The van der Waals surface area contributed by atoms with Crippen LogP contribution in [0.5, 0.6) is 5.75 Å². The van der Waals surface area contributed by atoms with E-state index in [1.54, 1.807) is 19.1 Å². The van der Waals surface area contributed by atoms with Crippen molar-refractivity contribution in [1.29, 1.82) is 0 Å². The summed E-state index contributed by atoms with van der Waals surface area (Å²) in [7, 11) is -3.38. The fourth-order valence-corrected chi connectivity index (χ4v) is 3.55. The van der Waals surface area contributed by atoms with Crippen LogP contribution in [0.2, 0.25) is 5.02 Å². The molecule has 0 unspecified atom stereocenters. The summed E-state index contributed by atoms with van der Waals surface area (Å²) in [6.07, 6.45) is 2.50. The van der Waals surface area contributed by atoms with Crippen LogP contribution >= 0.6 is 11.6 Å². The van der Waals surface area contributed by atoms with Crippen LogP contribution in [0, 0.1) is 11.7 Å². The molecule has 0 amide bonds. The third kappa shape index (κ3) is 5.12. The topological polar surface area (TPSA) is 98.5 Å². The minimum atomic E-state index is -3.38. The monoisotopic (exact) mass is 466 g/mol. The van der Waals surface area contributed by atoms with Crippen molar-refractivity contribution in [2.45, 2.75) is 11.8 Å². The molecule has 7 nitrogen and oxygen atoms in total. The lowest BCUT2D eigenvalue weighted by atomic mass is 10.1. The van der Waals surface area contributed by atoms with Gasteiger partial charge in [-0.25, -0.2) is 12.8 Å². The molecule has 0 radical (unpaired) electrons. The number of rotatable bonds is 7. The summed E-state index contributed by atoms with van der Waals surface area (Å²) in [5.41, 5.74) is 0.500. The lowest BCUT2D eigenvalue weighted by molar-refractivity contribution is 0.173. The van der Waals surface area contributed by atoms with E-state index in [4.69, 9.17) is 16.3 Å². The highest BCUT2D eigenvalue weighted by Gasteiger charge is 2.18. The van der Waals surface area contributed by atoms with E-state index in [1.165, 1.54) is 30.5 Å². The van der Waals surface area contributed by atoms with Gasteiger partial charge in [0, 0.05) is 24.3 Å². The second kappa shape index (κ2) is 9.17. The Hall–Kier alpha value is -2.75. The molecule has 2 aromatic carbocycles. The van der Waals surface area contributed by atoms with Crippen LogP contribution in [0.4, 0.5) is 4.39 Å². The molecule has 1 aromatic heterocycles. The predicted octanol–water partition coefficient (Wildman–Crippen LogP) is 3.10. The molecule has 0 saturated carbocycles. The van der Waals surface area contributed by atoms with Crippen LogP contribution < -0.4 is 10.3 Å². The van der Waals surface area contributed by atoms with Gasteiger partial charge in [0.15, 0.2) is 15.6 Å². The average Bonchev–Trinajstić information content (AvgIpc) is 2.74. The van der Waals surface area contributed by atoms with Gasteiger partial charge in [0.25, 0.3) is 0 Å².